The van der Waals surface area contributed by atoms with Crippen LogP contribution in [-0.2, 0) is 0 Å². The topological polar surface area (TPSA) is 12.0 Å². The first-order valence-corrected chi connectivity index (χ1v) is 6.96. The fourth-order valence-corrected chi connectivity index (χ4v) is 1.66. The highest BCUT2D eigenvalue weighted by atomic mass is 14.9. The van der Waals surface area contributed by atoms with E-state index < -0.39 is 0 Å². The van der Waals surface area contributed by atoms with Crippen molar-refractivity contribution in [1.82, 2.24) is 5.32 Å². The van der Waals surface area contributed by atoms with Crippen LogP contribution in [0, 0.1) is 11.8 Å². The first-order chi connectivity index (χ1) is 7.54. The van der Waals surface area contributed by atoms with E-state index in [-0.39, 0.29) is 0 Å². The molecule has 0 saturated heterocycles. The van der Waals surface area contributed by atoms with Crippen LogP contribution in [0.3, 0.4) is 0 Å². The molecule has 0 fully saturated rings. The van der Waals surface area contributed by atoms with Crippen molar-refractivity contribution in [2.75, 3.05) is 6.54 Å². The highest BCUT2D eigenvalue weighted by Crippen LogP contribution is 2.10. The van der Waals surface area contributed by atoms with Gasteiger partial charge in [0.05, 0.1) is 0 Å². The van der Waals surface area contributed by atoms with E-state index in [1.807, 2.05) is 0 Å². The maximum absolute atomic E-state index is 4.01. The fraction of sp³-hybridized carbons (Fsp3) is 0.867. The number of hydrogen-bond donors (Lipinski definition) is 1. The molecule has 0 aliphatic rings. The average Bonchev–Trinajstić information content (AvgIpc) is 2.21. The lowest BCUT2D eigenvalue weighted by Crippen LogP contribution is -2.17. The highest BCUT2D eigenvalue weighted by Gasteiger charge is 1.98. The molecule has 96 valence electrons. The summed E-state index contributed by atoms with van der Waals surface area (Å²) in [6, 6.07) is 0. The Bertz CT molecular complexity index is 170. The van der Waals surface area contributed by atoms with E-state index in [1.54, 1.807) is 0 Å². The number of nitrogens with one attached hydrogen (secondary N) is 1. The summed E-state index contributed by atoms with van der Waals surface area (Å²) in [5, 5.41) is 3.40. The molecule has 0 aromatic rings. The second-order valence-corrected chi connectivity index (χ2v) is 5.56. The molecule has 0 unspecified atom stereocenters. The van der Waals surface area contributed by atoms with Crippen LogP contribution in [0.1, 0.15) is 66.2 Å². The van der Waals surface area contributed by atoms with Gasteiger partial charge in [0.25, 0.3) is 0 Å². The second kappa shape index (κ2) is 9.74. The van der Waals surface area contributed by atoms with Crippen LogP contribution < -0.4 is 5.32 Å². The van der Waals surface area contributed by atoms with Crippen LogP contribution in [0.25, 0.3) is 0 Å². The van der Waals surface area contributed by atoms with E-state index in [2.05, 4.69) is 39.6 Å². The van der Waals surface area contributed by atoms with Gasteiger partial charge in [-0.15, -0.1) is 0 Å². The Kier molecular flexibility index (Phi) is 9.46. The zero-order valence-electron chi connectivity index (χ0n) is 11.8. The summed E-state index contributed by atoms with van der Waals surface area (Å²) in [5.74, 6) is 1.43. The molecule has 0 rings (SSSR count). The summed E-state index contributed by atoms with van der Waals surface area (Å²) in [4.78, 5) is 0. The maximum atomic E-state index is 4.01. The van der Waals surface area contributed by atoms with E-state index in [4.69, 9.17) is 0 Å². The van der Waals surface area contributed by atoms with E-state index in [1.165, 1.54) is 44.2 Å². The molecule has 0 radical (unpaired) electrons. The molecule has 1 N–H and O–H groups in total. The SMILES string of the molecule is C=C(NCCCCCCCC(C)C)C(C)C. The minimum Gasteiger partial charge on any atom is -0.389 e. The van der Waals surface area contributed by atoms with Crippen molar-refractivity contribution in [3.63, 3.8) is 0 Å². The second-order valence-electron chi connectivity index (χ2n) is 5.56. The third kappa shape index (κ3) is 10.1. The summed E-state index contributed by atoms with van der Waals surface area (Å²) < 4.78 is 0. The molecule has 16 heavy (non-hydrogen) atoms. The molecule has 0 spiro atoms. The van der Waals surface area contributed by atoms with Crippen molar-refractivity contribution in [1.29, 1.82) is 0 Å². The predicted octanol–water partition coefficient (Wildman–Crippen LogP) is 4.74. The third-order valence-corrected chi connectivity index (χ3v) is 3.01. The van der Waals surface area contributed by atoms with E-state index >= 15 is 0 Å². The van der Waals surface area contributed by atoms with E-state index in [9.17, 15) is 0 Å². The van der Waals surface area contributed by atoms with Gasteiger partial charge in [-0.2, -0.15) is 0 Å². The zero-order chi connectivity index (χ0) is 12.4. The summed E-state index contributed by atoms with van der Waals surface area (Å²) in [7, 11) is 0. The van der Waals surface area contributed by atoms with Crippen LogP contribution in [-0.4, -0.2) is 6.54 Å². The molecule has 0 saturated carbocycles. The molecule has 1 nitrogen and oxygen atoms in total. The predicted molar refractivity (Wildman–Crippen MR) is 74.5 cm³/mol. The molecule has 0 atom stereocenters. The normalized spacial score (nSPS) is 11.1. The molecular weight excluding hydrogens is 194 g/mol. The first kappa shape index (κ1) is 15.5. The highest BCUT2D eigenvalue weighted by molar-refractivity contribution is 4.93. The summed E-state index contributed by atoms with van der Waals surface area (Å²) in [6.45, 7) is 14.1. The van der Waals surface area contributed by atoms with E-state index in [0.29, 0.717) is 5.92 Å². The standard InChI is InChI=1S/C15H31N/c1-13(2)11-9-7-6-8-10-12-16-15(5)14(3)4/h13-14,16H,5-12H2,1-4H3. The van der Waals surface area contributed by atoms with Gasteiger partial charge >= 0.3 is 0 Å². The molecule has 0 aromatic heterocycles. The first-order valence-electron chi connectivity index (χ1n) is 6.96. The quantitative estimate of drug-likeness (QED) is 0.529. The lowest BCUT2D eigenvalue weighted by molar-refractivity contribution is 0.511. The number of allylic oxidation sites excluding steroid dienone is 1. The van der Waals surface area contributed by atoms with Gasteiger partial charge in [-0.3, -0.25) is 0 Å². The van der Waals surface area contributed by atoms with Crippen molar-refractivity contribution in [3.05, 3.63) is 12.3 Å². The number of unbranched alkanes of at least 4 members (excludes halogenated alkanes) is 4. The zero-order valence-corrected chi connectivity index (χ0v) is 11.8. The summed E-state index contributed by atoms with van der Waals surface area (Å²) in [5.41, 5.74) is 1.18. The van der Waals surface area contributed by atoms with Crippen LogP contribution in [0.15, 0.2) is 12.3 Å². The van der Waals surface area contributed by atoms with E-state index in [0.717, 1.165) is 12.5 Å². The Morgan fingerprint density at radius 3 is 2.06 bits per heavy atom. The van der Waals surface area contributed by atoms with Gasteiger partial charge in [-0.1, -0.05) is 66.4 Å². The average molecular weight is 225 g/mol. The van der Waals surface area contributed by atoms with Crippen molar-refractivity contribution in [2.24, 2.45) is 11.8 Å². The number of rotatable bonds is 10. The molecule has 0 aliphatic heterocycles. The van der Waals surface area contributed by atoms with Crippen molar-refractivity contribution in [3.8, 4) is 0 Å². The summed E-state index contributed by atoms with van der Waals surface area (Å²) in [6.07, 6.45) is 8.24. The van der Waals surface area contributed by atoms with Gasteiger partial charge in [-0.25, -0.2) is 0 Å². The molecule has 0 aliphatic carbocycles. The van der Waals surface area contributed by atoms with Crippen LogP contribution in [0.2, 0.25) is 0 Å². The summed E-state index contributed by atoms with van der Waals surface area (Å²) >= 11 is 0. The van der Waals surface area contributed by atoms with Crippen LogP contribution in [0.4, 0.5) is 0 Å². The van der Waals surface area contributed by atoms with Gasteiger partial charge in [-0.05, 0) is 18.3 Å². The molecule has 0 heterocycles. The smallest absolute Gasteiger partial charge is 0.0143 e. The van der Waals surface area contributed by atoms with Crippen molar-refractivity contribution in [2.45, 2.75) is 66.2 Å². The van der Waals surface area contributed by atoms with Gasteiger partial charge in [0.2, 0.25) is 0 Å². The van der Waals surface area contributed by atoms with Gasteiger partial charge in [0, 0.05) is 12.2 Å². The third-order valence-electron chi connectivity index (χ3n) is 3.01. The maximum Gasteiger partial charge on any atom is 0.0143 e. The fourth-order valence-electron chi connectivity index (χ4n) is 1.66. The monoisotopic (exact) mass is 225 g/mol. The lowest BCUT2D eigenvalue weighted by Gasteiger charge is -2.12. The minimum atomic E-state index is 0.561. The van der Waals surface area contributed by atoms with Crippen LogP contribution >= 0.6 is 0 Å². The van der Waals surface area contributed by atoms with Gasteiger partial charge in [0.15, 0.2) is 0 Å². The molecule has 0 aromatic carbocycles. The van der Waals surface area contributed by atoms with Gasteiger partial charge < -0.3 is 5.32 Å². The molecular formula is C15H31N. The Morgan fingerprint density at radius 2 is 1.50 bits per heavy atom. The van der Waals surface area contributed by atoms with Crippen molar-refractivity contribution >= 4 is 0 Å². The largest absolute Gasteiger partial charge is 0.389 e. The molecule has 0 amide bonds. The Morgan fingerprint density at radius 1 is 0.938 bits per heavy atom. The Labute approximate surface area is 103 Å². The number of hydrogen-bond acceptors (Lipinski definition) is 1. The van der Waals surface area contributed by atoms with Crippen molar-refractivity contribution < 1.29 is 0 Å². The molecule has 0 bridgehead atoms. The minimum absolute atomic E-state index is 0.561. The Hall–Kier alpha value is -0.460. The van der Waals surface area contributed by atoms with Crippen LogP contribution in [0.5, 0.6) is 0 Å². The lowest BCUT2D eigenvalue weighted by atomic mass is 10.0. The Balaban J connectivity index is 3.13. The van der Waals surface area contributed by atoms with Gasteiger partial charge in [0.1, 0.15) is 0 Å². The molecule has 1 heteroatoms.